The molecule has 0 bridgehead atoms. The van der Waals surface area contributed by atoms with Crippen LogP contribution in [0.25, 0.3) is 0 Å². The van der Waals surface area contributed by atoms with Crippen molar-refractivity contribution >= 4 is 5.91 Å². The summed E-state index contributed by atoms with van der Waals surface area (Å²) in [5, 5.41) is 3.17. The van der Waals surface area contributed by atoms with E-state index in [2.05, 4.69) is 15.3 Å². The van der Waals surface area contributed by atoms with Crippen LogP contribution in [0.3, 0.4) is 0 Å². The molecule has 122 valence electrons. The van der Waals surface area contributed by atoms with Gasteiger partial charge in [-0.25, -0.2) is 4.98 Å². The standard InChI is InChI=1S/C18H29N3O/c1-15-13-20-17(14-19-15)18(22)21-16-11-9-7-5-3-2-4-6-8-10-12-16/h13-14,16H,2-12H2,1H3,(H,21,22). The highest BCUT2D eigenvalue weighted by atomic mass is 16.1. The topological polar surface area (TPSA) is 54.9 Å². The molecule has 1 saturated carbocycles. The van der Waals surface area contributed by atoms with Gasteiger partial charge in [0, 0.05) is 12.2 Å². The number of nitrogens with zero attached hydrogens (tertiary/aromatic N) is 2. The van der Waals surface area contributed by atoms with Crippen molar-refractivity contribution in [2.75, 3.05) is 0 Å². The molecule has 1 aromatic heterocycles. The summed E-state index contributed by atoms with van der Waals surface area (Å²) in [6.45, 7) is 1.88. The highest BCUT2D eigenvalue weighted by Gasteiger charge is 2.15. The normalized spacial score (nSPS) is 19.0. The maximum absolute atomic E-state index is 12.3. The molecule has 0 saturated heterocycles. The van der Waals surface area contributed by atoms with E-state index in [1.165, 1.54) is 57.8 Å². The van der Waals surface area contributed by atoms with Crippen molar-refractivity contribution in [2.45, 2.75) is 83.6 Å². The monoisotopic (exact) mass is 303 g/mol. The van der Waals surface area contributed by atoms with Gasteiger partial charge in [-0.3, -0.25) is 9.78 Å². The first kappa shape index (κ1) is 16.9. The third-order valence-electron chi connectivity index (χ3n) is 4.45. The zero-order valence-corrected chi connectivity index (χ0v) is 13.8. The fraction of sp³-hybridized carbons (Fsp3) is 0.722. The second-order valence-corrected chi connectivity index (χ2v) is 6.47. The third kappa shape index (κ3) is 6.12. The zero-order valence-electron chi connectivity index (χ0n) is 13.8. The minimum Gasteiger partial charge on any atom is -0.348 e. The van der Waals surface area contributed by atoms with Gasteiger partial charge in [0.2, 0.25) is 0 Å². The van der Waals surface area contributed by atoms with Crippen molar-refractivity contribution in [3.05, 3.63) is 23.8 Å². The minimum absolute atomic E-state index is 0.0791. The second-order valence-electron chi connectivity index (χ2n) is 6.47. The van der Waals surface area contributed by atoms with Crippen molar-refractivity contribution in [1.82, 2.24) is 15.3 Å². The lowest BCUT2D eigenvalue weighted by molar-refractivity contribution is 0.0926. The van der Waals surface area contributed by atoms with Crippen LogP contribution in [-0.2, 0) is 0 Å². The van der Waals surface area contributed by atoms with E-state index in [4.69, 9.17) is 0 Å². The quantitative estimate of drug-likeness (QED) is 0.891. The Labute approximate surface area is 134 Å². The Morgan fingerprint density at radius 1 is 0.909 bits per heavy atom. The van der Waals surface area contributed by atoms with Crippen molar-refractivity contribution in [1.29, 1.82) is 0 Å². The Kier molecular flexibility index (Phi) is 7.34. The van der Waals surface area contributed by atoms with E-state index in [0.717, 1.165) is 18.5 Å². The van der Waals surface area contributed by atoms with Crippen LogP contribution in [0.5, 0.6) is 0 Å². The summed E-state index contributed by atoms with van der Waals surface area (Å²) in [6.07, 6.45) is 17.2. The largest absolute Gasteiger partial charge is 0.348 e. The molecule has 0 aliphatic heterocycles. The summed E-state index contributed by atoms with van der Waals surface area (Å²) >= 11 is 0. The summed E-state index contributed by atoms with van der Waals surface area (Å²) in [5.74, 6) is -0.0791. The molecule has 0 aromatic carbocycles. The molecule has 0 radical (unpaired) electrons. The lowest BCUT2D eigenvalue weighted by Crippen LogP contribution is -2.35. The number of amides is 1. The SMILES string of the molecule is Cc1cnc(C(=O)NC2CCCCCCCCCCC2)cn1. The van der Waals surface area contributed by atoms with E-state index in [-0.39, 0.29) is 11.9 Å². The Bertz CT molecular complexity index is 432. The molecule has 1 aliphatic carbocycles. The van der Waals surface area contributed by atoms with E-state index < -0.39 is 0 Å². The number of rotatable bonds is 2. The predicted octanol–water partition coefficient (Wildman–Crippen LogP) is 4.19. The van der Waals surface area contributed by atoms with Gasteiger partial charge in [-0.15, -0.1) is 0 Å². The van der Waals surface area contributed by atoms with E-state index in [1.807, 2.05) is 6.92 Å². The van der Waals surface area contributed by atoms with Gasteiger partial charge in [0.25, 0.3) is 5.91 Å². The van der Waals surface area contributed by atoms with Crippen LogP contribution in [0.1, 0.15) is 86.8 Å². The number of aromatic nitrogens is 2. The molecule has 1 aliphatic rings. The number of nitrogens with one attached hydrogen (secondary N) is 1. The zero-order chi connectivity index (χ0) is 15.6. The average Bonchev–Trinajstić information content (AvgIpc) is 2.50. The highest BCUT2D eigenvalue weighted by Crippen LogP contribution is 2.17. The molecule has 2 rings (SSSR count). The number of hydrogen-bond donors (Lipinski definition) is 1. The lowest BCUT2D eigenvalue weighted by atomic mass is 9.98. The summed E-state index contributed by atoms with van der Waals surface area (Å²) in [5.41, 5.74) is 1.26. The molecule has 4 nitrogen and oxygen atoms in total. The maximum Gasteiger partial charge on any atom is 0.271 e. The molecule has 1 aromatic rings. The van der Waals surface area contributed by atoms with Crippen LogP contribution in [0.4, 0.5) is 0 Å². The molecule has 0 atom stereocenters. The Morgan fingerprint density at radius 3 is 1.95 bits per heavy atom. The van der Waals surface area contributed by atoms with Gasteiger partial charge in [-0.05, 0) is 19.8 Å². The minimum atomic E-state index is -0.0791. The fourth-order valence-corrected chi connectivity index (χ4v) is 3.08. The van der Waals surface area contributed by atoms with Gasteiger partial charge < -0.3 is 5.32 Å². The lowest BCUT2D eigenvalue weighted by Gasteiger charge is -2.19. The molecular weight excluding hydrogens is 274 g/mol. The van der Waals surface area contributed by atoms with Gasteiger partial charge in [-0.1, -0.05) is 57.8 Å². The van der Waals surface area contributed by atoms with Gasteiger partial charge >= 0.3 is 0 Å². The second kappa shape index (κ2) is 9.54. The first-order valence-corrected chi connectivity index (χ1v) is 8.85. The van der Waals surface area contributed by atoms with E-state index >= 15 is 0 Å². The molecule has 0 spiro atoms. The molecule has 1 fully saturated rings. The van der Waals surface area contributed by atoms with Crippen molar-refractivity contribution < 1.29 is 4.79 Å². The summed E-state index contributed by atoms with van der Waals surface area (Å²) < 4.78 is 0. The smallest absolute Gasteiger partial charge is 0.271 e. The average molecular weight is 303 g/mol. The van der Waals surface area contributed by atoms with Crippen molar-refractivity contribution in [3.8, 4) is 0 Å². The Balaban J connectivity index is 1.86. The fourth-order valence-electron chi connectivity index (χ4n) is 3.08. The first-order chi connectivity index (χ1) is 10.8. The number of carbonyl (C=O) groups is 1. The third-order valence-corrected chi connectivity index (χ3v) is 4.45. The summed E-state index contributed by atoms with van der Waals surface area (Å²) in [6, 6.07) is 0.287. The first-order valence-electron chi connectivity index (χ1n) is 8.85. The molecule has 22 heavy (non-hydrogen) atoms. The van der Waals surface area contributed by atoms with E-state index in [1.54, 1.807) is 12.4 Å². The van der Waals surface area contributed by atoms with Crippen LogP contribution < -0.4 is 5.32 Å². The van der Waals surface area contributed by atoms with Gasteiger partial charge in [-0.2, -0.15) is 0 Å². The van der Waals surface area contributed by atoms with Crippen LogP contribution in [-0.4, -0.2) is 21.9 Å². The van der Waals surface area contributed by atoms with Crippen LogP contribution >= 0.6 is 0 Å². The molecule has 4 heteroatoms. The highest BCUT2D eigenvalue weighted by molar-refractivity contribution is 5.92. The predicted molar refractivity (Wildman–Crippen MR) is 88.8 cm³/mol. The maximum atomic E-state index is 12.3. The summed E-state index contributed by atoms with van der Waals surface area (Å²) in [4.78, 5) is 20.6. The Morgan fingerprint density at radius 2 is 1.45 bits per heavy atom. The van der Waals surface area contributed by atoms with Crippen molar-refractivity contribution in [3.63, 3.8) is 0 Å². The van der Waals surface area contributed by atoms with Gasteiger partial charge in [0.1, 0.15) is 5.69 Å². The van der Waals surface area contributed by atoms with Crippen LogP contribution in [0.15, 0.2) is 12.4 Å². The van der Waals surface area contributed by atoms with E-state index in [0.29, 0.717) is 5.69 Å². The van der Waals surface area contributed by atoms with Crippen molar-refractivity contribution in [2.24, 2.45) is 0 Å². The molecular formula is C18H29N3O. The molecule has 1 amide bonds. The van der Waals surface area contributed by atoms with Gasteiger partial charge in [0.05, 0.1) is 11.9 Å². The van der Waals surface area contributed by atoms with Gasteiger partial charge in [0.15, 0.2) is 0 Å². The summed E-state index contributed by atoms with van der Waals surface area (Å²) in [7, 11) is 0. The molecule has 1 N–H and O–H groups in total. The molecule has 1 heterocycles. The molecule has 0 unspecified atom stereocenters. The van der Waals surface area contributed by atoms with E-state index in [9.17, 15) is 4.79 Å². The van der Waals surface area contributed by atoms with Crippen LogP contribution in [0.2, 0.25) is 0 Å². The number of hydrogen-bond acceptors (Lipinski definition) is 3. The Hall–Kier alpha value is -1.45. The van der Waals surface area contributed by atoms with Crippen LogP contribution in [0, 0.1) is 6.92 Å². The number of aryl methyl sites for hydroxylation is 1. The number of carbonyl (C=O) groups excluding carboxylic acids is 1.